The Morgan fingerprint density at radius 3 is 2.74 bits per heavy atom. The number of fused-ring (bicyclic) bond motifs is 1. The first-order chi connectivity index (χ1) is 11.3. The highest BCUT2D eigenvalue weighted by molar-refractivity contribution is 5.85. The number of benzene rings is 2. The lowest BCUT2D eigenvalue weighted by Gasteiger charge is -2.05. The summed E-state index contributed by atoms with van der Waals surface area (Å²) < 4.78 is 1.69. The van der Waals surface area contributed by atoms with Gasteiger partial charge in [-0.15, -0.1) is 0 Å². The van der Waals surface area contributed by atoms with E-state index >= 15 is 0 Å². The second kappa shape index (κ2) is 6.93. The summed E-state index contributed by atoms with van der Waals surface area (Å²) in [6, 6.07) is 14.7. The van der Waals surface area contributed by atoms with Crippen LogP contribution in [0.2, 0.25) is 0 Å². The van der Waals surface area contributed by atoms with Crippen LogP contribution in [0.4, 0.5) is 5.95 Å². The van der Waals surface area contributed by atoms with Crippen LogP contribution in [0.25, 0.3) is 11.0 Å². The van der Waals surface area contributed by atoms with Gasteiger partial charge < -0.3 is 15.5 Å². The lowest BCUT2D eigenvalue weighted by molar-refractivity contribution is 0.292. The molecule has 3 aromatic rings. The average molecular weight is 310 g/mol. The predicted octanol–water partition coefficient (Wildman–Crippen LogP) is 2.42. The van der Waals surface area contributed by atoms with Crippen molar-refractivity contribution in [1.29, 1.82) is 0 Å². The summed E-state index contributed by atoms with van der Waals surface area (Å²) in [5.41, 5.74) is 2.32. The molecule has 6 nitrogen and oxygen atoms in total. The number of aliphatic hydroxyl groups is 1. The summed E-state index contributed by atoms with van der Waals surface area (Å²) in [6.07, 6.45) is 2.23. The summed E-state index contributed by atoms with van der Waals surface area (Å²) in [7, 11) is 0. The predicted molar refractivity (Wildman–Crippen MR) is 91.0 cm³/mol. The van der Waals surface area contributed by atoms with Gasteiger partial charge in [0.15, 0.2) is 0 Å². The Bertz CT molecular complexity index is 826. The number of aliphatic hydroxyl groups excluding tert-OH is 1. The number of aromatic hydroxyl groups is 1. The molecule has 0 aliphatic rings. The number of hydrogen-bond acceptors (Lipinski definition) is 5. The van der Waals surface area contributed by atoms with Crippen LogP contribution >= 0.6 is 0 Å². The molecule has 0 aliphatic carbocycles. The Balaban J connectivity index is 1.97. The van der Waals surface area contributed by atoms with Gasteiger partial charge in [0, 0.05) is 18.7 Å². The van der Waals surface area contributed by atoms with Gasteiger partial charge in [0.1, 0.15) is 5.75 Å². The number of nitrogens with one attached hydrogen (secondary N) is 1. The van der Waals surface area contributed by atoms with E-state index in [-0.39, 0.29) is 12.4 Å². The number of aromatic nitrogens is 2. The average Bonchev–Trinajstić information content (AvgIpc) is 2.92. The molecule has 0 fully saturated rings. The maximum absolute atomic E-state index is 9.84. The molecule has 0 atom stereocenters. The normalized spacial score (nSPS) is 11.3. The van der Waals surface area contributed by atoms with Crippen LogP contribution < -0.4 is 5.32 Å². The molecule has 6 heteroatoms. The second-order valence-electron chi connectivity index (χ2n) is 5.04. The van der Waals surface area contributed by atoms with Gasteiger partial charge in [-0.2, -0.15) is 9.78 Å². The molecule has 3 rings (SSSR count). The van der Waals surface area contributed by atoms with Gasteiger partial charge in [-0.1, -0.05) is 24.3 Å². The van der Waals surface area contributed by atoms with Crippen LogP contribution in [0.3, 0.4) is 0 Å². The Morgan fingerprint density at radius 1 is 1.13 bits per heavy atom. The number of rotatable bonds is 6. The van der Waals surface area contributed by atoms with E-state index in [2.05, 4.69) is 15.4 Å². The lowest BCUT2D eigenvalue weighted by atomic mass is 10.2. The summed E-state index contributed by atoms with van der Waals surface area (Å²) >= 11 is 0. The van der Waals surface area contributed by atoms with E-state index in [1.165, 1.54) is 0 Å². The fourth-order valence-corrected chi connectivity index (χ4v) is 2.24. The first-order valence-electron chi connectivity index (χ1n) is 7.44. The van der Waals surface area contributed by atoms with Crippen LogP contribution in [0.15, 0.2) is 53.6 Å². The highest BCUT2D eigenvalue weighted by atomic mass is 16.3. The molecule has 0 bridgehead atoms. The number of anilines is 1. The van der Waals surface area contributed by atoms with Crippen molar-refractivity contribution >= 4 is 23.2 Å². The van der Waals surface area contributed by atoms with E-state index in [1.54, 1.807) is 29.1 Å². The van der Waals surface area contributed by atoms with Crippen molar-refractivity contribution in [3.8, 4) is 5.75 Å². The smallest absolute Gasteiger partial charge is 0.225 e. The van der Waals surface area contributed by atoms with Crippen molar-refractivity contribution in [2.24, 2.45) is 5.10 Å². The SMILES string of the molecule is OCCCNc1nc2ccccc2n1/N=C/c1ccccc1O. The van der Waals surface area contributed by atoms with Gasteiger partial charge in [-0.3, -0.25) is 0 Å². The minimum Gasteiger partial charge on any atom is -0.507 e. The maximum Gasteiger partial charge on any atom is 0.225 e. The van der Waals surface area contributed by atoms with Crippen molar-refractivity contribution in [2.75, 3.05) is 18.5 Å². The molecule has 0 saturated carbocycles. The van der Waals surface area contributed by atoms with Crippen molar-refractivity contribution < 1.29 is 10.2 Å². The number of phenolic OH excluding ortho intramolecular Hbond substituents is 1. The molecule has 1 heterocycles. The molecule has 0 spiro atoms. The molecule has 0 unspecified atom stereocenters. The first-order valence-corrected chi connectivity index (χ1v) is 7.44. The molecule has 118 valence electrons. The third kappa shape index (κ3) is 3.32. The second-order valence-corrected chi connectivity index (χ2v) is 5.04. The Labute approximate surface area is 133 Å². The Hall–Kier alpha value is -2.86. The molecule has 0 radical (unpaired) electrons. The van der Waals surface area contributed by atoms with E-state index < -0.39 is 0 Å². The van der Waals surface area contributed by atoms with Crippen LogP contribution in [-0.2, 0) is 0 Å². The van der Waals surface area contributed by atoms with Gasteiger partial charge in [-0.05, 0) is 30.7 Å². The zero-order chi connectivity index (χ0) is 16.1. The molecule has 3 N–H and O–H groups in total. The number of hydrogen-bond donors (Lipinski definition) is 3. The molecule has 0 saturated heterocycles. The number of nitrogens with zero attached hydrogens (tertiary/aromatic N) is 3. The zero-order valence-electron chi connectivity index (χ0n) is 12.6. The van der Waals surface area contributed by atoms with Crippen LogP contribution in [-0.4, -0.2) is 39.2 Å². The first kappa shape index (κ1) is 15.1. The molecule has 1 aromatic heterocycles. The Kier molecular flexibility index (Phi) is 4.54. The minimum absolute atomic E-state index is 0.119. The summed E-state index contributed by atoms with van der Waals surface area (Å²) in [5.74, 6) is 0.779. The van der Waals surface area contributed by atoms with Crippen molar-refractivity contribution in [3.05, 3.63) is 54.1 Å². The molecular formula is C17H18N4O2. The molecule has 0 aliphatic heterocycles. The lowest BCUT2D eigenvalue weighted by Crippen LogP contribution is -2.08. The quantitative estimate of drug-likeness (QED) is 0.482. The van der Waals surface area contributed by atoms with Gasteiger partial charge in [-0.25, -0.2) is 4.98 Å². The van der Waals surface area contributed by atoms with Crippen LogP contribution in [0.1, 0.15) is 12.0 Å². The largest absolute Gasteiger partial charge is 0.507 e. The molecule has 2 aromatic carbocycles. The van der Waals surface area contributed by atoms with Gasteiger partial charge >= 0.3 is 0 Å². The molecule has 23 heavy (non-hydrogen) atoms. The highest BCUT2D eigenvalue weighted by Gasteiger charge is 2.09. The maximum atomic E-state index is 9.84. The zero-order valence-corrected chi connectivity index (χ0v) is 12.6. The standard InChI is InChI=1S/C17H18N4O2/c22-11-5-10-18-17-20-14-7-2-3-8-15(14)21(17)19-12-13-6-1-4-9-16(13)23/h1-4,6-9,12,22-23H,5,10-11H2,(H,18,20)/b19-12+. The van der Waals surface area contributed by atoms with Crippen LogP contribution in [0.5, 0.6) is 5.75 Å². The molecular weight excluding hydrogens is 292 g/mol. The summed E-state index contributed by atoms with van der Waals surface area (Å²) in [4.78, 5) is 4.51. The number of para-hydroxylation sites is 3. The van der Waals surface area contributed by atoms with Crippen LogP contribution in [0, 0.1) is 0 Å². The summed E-state index contributed by atoms with van der Waals surface area (Å²) in [6.45, 7) is 0.723. The highest BCUT2D eigenvalue weighted by Crippen LogP contribution is 2.20. The number of phenols is 1. The van der Waals surface area contributed by atoms with E-state index in [0.717, 1.165) is 11.0 Å². The van der Waals surface area contributed by atoms with Crippen molar-refractivity contribution in [2.45, 2.75) is 6.42 Å². The van der Waals surface area contributed by atoms with E-state index in [1.807, 2.05) is 30.3 Å². The third-order valence-corrected chi connectivity index (χ3v) is 3.40. The van der Waals surface area contributed by atoms with Gasteiger partial charge in [0.2, 0.25) is 5.95 Å². The topological polar surface area (TPSA) is 82.7 Å². The summed E-state index contributed by atoms with van der Waals surface area (Å²) in [5, 5.41) is 26.4. The van der Waals surface area contributed by atoms with E-state index in [9.17, 15) is 5.11 Å². The molecule has 0 amide bonds. The fourth-order valence-electron chi connectivity index (χ4n) is 2.24. The van der Waals surface area contributed by atoms with Gasteiger partial charge in [0.05, 0.1) is 17.2 Å². The van der Waals surface area contributed by atoms with Gasteiger partial charge in [0.25, 0.3) is 0 Å². The monoisotopic (exact) mass is 310 g/mol. The minimum atomic E-state index is 0.119. The fraction of sp³-hybridized carbons (Fsp3) is 0.176. The van der Waals surface area contributed by atoms with Crippen molar-refractivity contribution in [3.63, 3.8) is 0 Å². The third-order valence-electron chi connectivity index (χ3n) is 3.40. The van der Waals surface area contributed by atoms with Crippen molar-refractivity contribution in [1.82, 2.24) is 9.66 Å². The number of imidazole rings is 1. The van der Waals surface area contributed by atoms with E-state index in [4.69, 9.17) is 5.11 Å². The Morgan fingerprint density at radius 2 is 1.91 bits per heavy atom. The van der Waals surface area contributed by atoms with E-state index in [0.29, 0.717) is 24.5 Å².